The van der Waals surface area contributed by atoms with Gasteiger partial charge in [-0.15, -0.1) is 0 Å². The molecule has 1 atom stereocenters. The van der Waals surface area contributed by atoms with Crippen molar-refractivity contribution in [2.75, 3.05) is 0 Å². The van der Waals surface area contributed by atoms with Crippen molar-refractivity contribution in [3.63, 3.8) is 0 Å². The number of halogens is 4. The standard InChI is InChI=1S/C14H9Br4NO2/c15-11-5-3-9(4-6-11)13(20)21-12(14(16,17)18)10-2-1-7-19-8-10/h1-8,12H. The van der Waals surface area contributed by atoms with Gasteiger partial charge < -0.3 is 4.74 Å². The molecule has 1 unspecified atom stereocenters. The van der Waals surface area contributed by atoms with Crippen LogP contribution in [0.4, 0.5) is 0 Å². The van der Waals surface area contributed by atoms with Crippen molar-refractivity contribution >= 4 is 69.7 Å². The van der Waals surface area contributed by atoms with Crippen molar-refractivity contribution in [1.29, 1.82) is 0 Å². The Balaban J connectivity index is 2.24. The first kappa shape index (κ1) is 17.1. The molecule has 7 heteroatoms. The number of hydrogen-bond donors (Lipinski definition) is 0. The second-order valence-corrected chi connectivity index (χ2v) is 12.0. The summed E-state index contributed by atoms with van der Waals surface area (Å²) in [6.07, 6.45) is 2.72. The van der Waals surface area contributed by atoms with Gasteiger partial charge in [-0.25, -0.2) is 4.79 Å². The number of ether oxygens (including phenoxy) is 1. The van der Waals surface area contributed by atoms with Crippen molar-refractivity contribution < 1.29 is 9.53 Å². The number of alkyl halides is 3. The van der Waals surface area contributed by atoms with E-state index in [1.54, 1.807) is 42.7 Å². The predicted molar refractivity (Wildman–Crippen MR) is 96.0 cm³/mol. The van der Waals surface area contributed by atoms with Crippen molar-refractivity contribution in [3.05, 3.63) is 64.4 Å². The first-order valence-corrected chi connectivity index (χ1v) is 8.98. The average Bonchev–Trinajstić information content (AvgIpc) is 2.45. The van der Waals surface area contributed by atoms with Gasteiger partial charge in [-0.1, -0.05) is 69.8 Å². The summed E-state index contributed by atoms with van der Waals surface area (Å²) in [6, 6.07) is 10.6. The molecule has 0 fully saturated rings. The van der Waals surface area contributed by atoms with E-state index >= 15 is 0 Å². The number of carbonyl (C=O) groups is 1. The summed E-state index contributed by atoms with van der Waals surface area (Å²) in [4.78, 5) is 16.3. The SMILES string of the molecule is O=C(OC(c1cccnc1)C(Br)(Br)Br)c1ccc(Br)cc1. The zero-order valence-electron chi connectivity index (χ0n) is 10.5. The number of benzene rings is 1. The van der Waals surface area contributed by atoms with E-state index in [4.69, 9.17) is 4.74 Å². The quantitative estimate of drug-likeness (QED) is 0.375. The second kappa shape index (κ2) is 7.35. The Hall–Kier alpha value is -0.240. The Labute approximate surface area is 156 Å². The maximum Gasteiger partial charge on any atom is 0.338 e. The molecule has 0 radical (unpaired) electrons. The molecular weight excluding hydrogens is 534 g/mol. The Morgan fingerprint density at radius 2 is 1.81 bits per heavy atom. The molecule has 2 rings (SSSR count). The normalized spacial score (nSPS) is 12.8. The van der Waals surface area contributed by atoms with Crippen molar-refractivity contribution in [2.45, 2.75) is 8.25 Å². The van der Waals surface area contributed by atoms with Crippen LogP contribution in [0.5, 0.6) is 0 Å². The number of nitrogens with zero attached hydrogens (tertiary/aromatic N) is 1. The average molecular weight is 543 g/mol. The van der Waals surface area contributed by atoms with Crippen LogP contribution in [0.25, 0.3) is 0 Å². The molecule has 0 saturated heterocycles. The van der Waals surface area contributed by atoms with Gasteiger partial charge in [0.15, 0.2) is 8.25 Å². The monoisotopic (exact) mass is 539 g/mol. The lowest BCUT2D eigenvalue weighted by Gasteiger charge is -2.25. The summed E-state index contributed by atoms with van der Waals surface area (Å²) < 4.78 is 5.72. The fourth-order valence-electron chi connectivity index (χ4n) is 1.62. The molecule has 2 aromatic rings. The number of aromatic nitrogens is 1. The number of rotatable bonds is 3. The second-order valence-electron chi connectivity index (χ2n) is 4.12. The van der Waals surface area contributed by atoms with Crippen molar-refractivity contribution in [3.8, 4) is 0 Å². The first-order valence-electron chi connectivity index (χ1n) is 5.81. The van der Waals surface area contributed by atoms with E-state index in [0.29, 0.717) is 5.56 Å². The lowest BCUT2D eigenvalue weighted by Crippen LogP contribution is -2.22. The van der Waals surface area contributed by atoms with Gasteiger partial charge in [0.2, 0.25) is 0 Å². The molecule has 0 aliphatic rings. The Morgan fingerprint density at radius 1 is 1.14 bits per heavy atom. The van der Waals surface area contributed by atoms with E-state index in [0.717, 1.165) is 10.0 Å². The summed E-state index contributed by atoms with van der Waals surface area (Å²) in [7, 11) is 0. The highest BCUT2D eigenvalue weighted by atomic mass is 80.0. The molecule has 3 nitrogen and oxygen atoms in total. The topological polar surface area (TPSA) is 39.2 Å². The Morgan fingerprint density at radius 3 is 2.33 bits per heavy atom. The lowest BCUT2D eigenvalue weighted by atomic mass is 10.2. The summed E-state index contributed by atoms with van der Waals surface area (Å²) in [6.45, 7) is 0. The largest absolute Gasteiger partial charge is 0.450 e. The zero-order chi connectivity index (χ0) is 15.5. The Kier molecular flexibility index (Phi) is 5.99. The fourth-order valence-corrected chi connectivity index (χ4v) is 2.95. The summed E-state index contributed by atoms with van der Waals surface area (Å²) >= 11 is 13.6. The van der Waals surface area contributed by atoms with Gasteiger partial charge in [0.05, 0.1) is 5.56 Å². The van der Waals surface area contributed by atoms with E-state index in [1.807, 2.05) is 6.07 Å². The maximum atomic E-state index is 12.3. The minimum absolute atomic E-state index is 0.418. The summed E-state index contributed by atoms with van der Waals surface area (Å²) in [5.41, 5.74) is 1.23. The summed E-state index contributed by atoms with van der Waals surface area (Å²) in [5, 5.41) is 0. The molecule has 0 spiro atoms. The van der Waals surface area contributed by atoms with Crippen LogP contribution in [0.2, 0.25) is 0 Å². The van der Waals surface area contributed by atoms with Crippen molar-refractivity contribution in [1.82, 2.24) is 4.98 Å². The number of esters is 1. The predicted octanol–water partition coefficient (Wildman–Crippen LogP) is 5.58. The van der Waals surface area contributed by atoms with E-state index in [2.05, 4.69) is 68.7 Å². The number of pyridine rings is 1. The molecule has 1 heterocycles. The number of carbonyl (C=O) groups excluding carboxylic acids is 1. The highest BCUT2D eigenvalue weighted by Gasteiger charge is 2.36. The minimum Gasteiger partial charge on any atom is -0.450 e. The molecular formula is C14H9Br4NO2. The molecule has 21 heavy (non-hydrogen) atoms. The first-order chi connectivity index (χ1) is 9.88. The van der Waals surface area contributed by atoms with Crippen LogP contribution < -0.4 is 0 Å². The third kappa shape index (κ3) is 4.87. The minimum atomic E-state index is -0.777. The lowest BCUT2D eigenvalue weighted by molar-refractivity contribution is 0.0325. The van der Waals surface area contributed by atoms with Crippen LogP contribution >= 0.6 is 63.7 Å². The summed E-state index contributed by atoms with van der Waals surface area (Å²) in [5.74, 6) is -0.418. The Bertz CT molecular complexity index is 611. The van der Waals surface area contributed by atoms with Crippen LogP contribution in [0.15, 0.2) is 53.3 Å². The highest BCUT2D eigenvalue weighted by molar-refractivity contribution is 9.39. The van der Waals surface area contributed by atoms with Gasteiger partial charge in [-0.3, -0.25) is 4.98 Å². The van der Waals surface area contributed by atoms with Gasteiger partial charge in [-0.2, -0.15) is 0 Å². The van der Waals surface area contributed by atoms with Gasteiger partial charge in [-0.05, 0) is 30.3 Å². The molecule has 0 aliphatic heterocycles. The van der Waals surface area contributed by atoms with Gasteiger partial charge in [0.1, 0.15) is 0 Å². The third-order valence-electron chi connectivity index (χ3n) is 2.59. The van der Waals surface area contributed by atoms with Crippen LogP contribution in [-0.4, -0.2) is 13.1 Å². The van der Waals surface area contributed by atoms with Crippen LogP contribution in [0, 0.1) is 0 Å². The molecule has 0 N–H and O–H groups in total. The molecule has 0 amide bonds. The highest BCUT2D eigenvalue weighted by Crippen LogP contribution is 2.47. The van der Waals surface area contributed by atoms with Crippen molar-refractivity contribution in [2.24, 2.45) is 0 Å². The van der Waals surface area contributed by atoms with E-state index in [-0.39, 0.29) is 0 Å². The van der Waals surface area contributed by atoms with E-state index in [9.17, 15) is 4.79 Å². The zero-order valence-corrected chi connectivity index (χ0v) is 16.8. The molecule has 1 aromatic carbocycles. The van der Waals surface area contributed by atoms with Crippen LogP contribution in [0.1, 0.15) is 22.0 Å². The van der Waals surface area contributed by atoms with Gasteiger partial charge >= 0.3 is 5.97 Å². The molecule has 0 saturated carbocycles. The van der Waals surface area contributed by atoms with E-state index < -0.39 is 14.2 Å². The molecule has 0 bridgehead atoms. The fraction of sp³-hybridized carbons (Fsp3) is 0.143. The third-order valence-corrected chi connectivity index (χ3v) is 4.37. The van der Waals surface area contributed by atoms with Gasteiger partial charge in [0, 0.05) is 22.4 Å². The molecule has 0 aliphatic carbocycles. The van der Waals surface area contributed by atoms with Gasteiger partial charge in [0.25, 0.3) is 0 Å². The maximum absolute atomic E-state index is 12.3. The van der Waals surface area contributed by atoms with E-state index in [1.165, 1.54) is 0 Å². The van der Waals surface area contributed by atoms with Crippen LogP contribution in [-0.2, 0) is 4.74 Å². The molecule has 1 aromatic heterocycles. The number of hydrogen-bond acceptors (Lipinski definition) is 3. The van der Waals surface area contributed by atoms with Crippen LogP contribution in [0.3, 0.4) is 0 Å². The molecule has 110 valence electrons. The smallest absolute Gasteiger partial charge is 0.338 e.